The van der Waals surface area contributed by atoms with Crippen molar-refractivity contribution in [2.45, 2.75) is 66.3 Å². The predicted octanol–water partition coefficient (Wildman–Crippen LogP) is 8.54. The third-order valence-corrected chi connectivity index (χ3v) is 7.74. The van der Waals surface area contributed by atoms with Gasteiger partial charge in [-0.25, -0.2) is 0 Å². The van der Waals surface area contributed by atoms with E-state index in [1.807, 2.05) is 0 Å². The van der Waals surface area contributed by atoms with Gasteiger partial charge >= 0.3 is 0 Å². The lowest BCUT2D eigenvalue weighted by atomic mass is 9.90. The number of pyridine rings is 1. The molecule has 0 radical (unpaired) electrons. The van der Waals surface area contributed by atoms with E-state index in [9.17, 15) is 0 Å². The molecule has 0 aliphatic heterocycles. The van der Waals surface area contributed by atoms with Crippen molar-refractivity contribution >= 4 is 32.6 Å². The minimum absolute atomic E-state index is 0.360. The lowest BCUT2D eigenvalue weighted by molar-refractivity contribution is -0.665. The molecule has 0 bridgehead atoms. The maximum Gasteiger partial charge on any atom is 0.220 e. The second kappa shape index (κ2) is 8.58. The number of rotatable bonds is 5. The molecule has 0 spiro atoms. The van der Waals surface area contributed by atoms with E-state index in [0.29, 0.717) is 18.0 Å². The lowest BCUT2D eigenvalue weighted by Crippen LogP contribution is -2.35. The second-order valence-electron chi connectivity index (χ2n) is 10.1. The highest BCUT2D eigenvalue weighted by Gasteiger charge is 2.23. The van der Waals surface area contributed by atoms with Gasteiger partial charge in [-0.1, -0.05) is 44.2 Å². The normalized spacial score (nSPS) is 12.6. The van der Waals surface area contributed by atoms with Crippen LogP contribution in [-0.4, -0.2) is 4.57 Å². The van der Waals surface area contributed by atoms with Crippen LogP contribution < -0.4 is 4.57 Å². The van der Waals surface area contributed by atoms with Gasteiger partial charge in [-0.05, 0) is 80.3 Å². The molecule has 0 saturated carbocycles. The van der Waals surface area contributed by atoms with Crippen LogP contribution in [0.2, 0.25) is 0 Å². The van der Waals surface area contributed by atoms with Crippen LogP contribution in [0, 0.1) is 13.8 Å². The number of aromatic nitrogens is 2. The first kappa shape index (κ1) is 21.4. The van der Waals surface area contributed by atoms with Gasteiger partial charge in [-0.3, -0.25) is 0 Å². The van der Waals surface area contributed by atoms with Gasteiger partial charge in [0.1, 0.15) is 7.05 Å². The zero-order valence-electron chi connectivity index (χ0n) is 22.7. The molecule has 5 rings (SSSR count). The number of aryl methyl sites for hydroxylation is 1. The van der Waals surface area contributed by atoms with E-state index < -0.39 is 0 Å². The highest BCUT2D eigenvalue weighted by molar-refractivity contribution is 6.10. The summed E-state index contributed by atoms with van der Waals surface area (Å²) >= 11 is 0. The van der Waals surface area contributed by atoms with Gasteiger partial charge in [0.05, 0.1) is 17.8 Å². The van der Waals surface area contributed by atoms with Crippen molar-refractivity contribution in [1.29, 1.82) is 0 Å². The smallest absolute Gasteiger partial charge is 0.220 e. The van der Waals surface area contributed by atoms with Crippen LogP contribution in [0.5, 0.6) is 0 Å². The zero-order chi connectivity index (χ0) is 25.0. The first-order chi connectivity index (χ1) is 16.8. The highest BCUT2D eigenvalue weighted by atomic mass is 15.0. The minimum Gasteiger partial charge on any atom is -0.338 e. The average Bonchev–Trinajstić information content (AvgIpc) is 3.17. The molecule has 0 saturated heterocycles. The molecule has 0 unspecified atom stereocenters. The Labute approximate surface area is 205 Å². The van der Waals surface area contributed by atoms with Gasteiger partial charge < -0.3 is 4.57 Å². The molecule has 0 aliphatic carbocycles. The van der Waals surface area contributed by atoms with E-state index in [4.69, 9.17) is 1.37 Å². The Hall–Kier alpha value is -3.13. The molecule has 2 heterocycles. The van der Waals surface area contributed by atoms with Crippen LogP contribution in [0.4, 0.5) is 0 Å². The molecular weight excluding hydrogens is 412 g/mol. The van der Waals surface area contributed by atoms with E-state index in [1.54, 1.807) is 0 Å². The topological polar surface area (TPSA) is 8.81 Å². The maximum absolute atomic E-state index is 8.96. The fourth-order valence-electron chi connectivity index (χ4n) is 5.80. The first-order valence-corrected chi connectivity index (χ1v) is 12.7. The molecule has 0 aliphatic rings. The summed E-state index contributed by atoms with van der Waals surface area (Å²) in [4.78, 5) is 0. The summed E-state index contributed by atoms with van der Waals surface area (Å²) in [6.07, 6.45) is 2.24. The molecule has 2 aromatic heterocycles. The Morgan fingerprint density at radius 2 is 1.62 bits per heavy atom. The van der Waals surface area contributed by atoms with Gasteiger partial charge in [0, 0.05) is 35.3 Å². The van der Waals surface area contributed by atoms with Crippen molar-refractivity contribution in [1.82, 2.24) is 4.57 Å². The molecule has 2 heteroatoms. The third kappa shape index (κ3) is 3.43. The Morgan fingerprint density at radius 1 is 0.882 bits per heavy atom. The minimum atomic E-state index is 0.360. The molecule has 0 atom stereocenters. The summed E-state index contributed by atoms with van der Waals surface area (Å²) in [5.74, 6) is 0.538. The predicted molar refractivity (Wildman–Crippen MR) is 147 cm³/mol. The number of hydrogen-bond donors (Lipinski definition) is 0. The van der Waals surface area contributed by atoms with E-state index in [2.05, 4.69) is 112 Å². The monoisotopic (exact) mass is 450 g/mol. The van der Waals surface area contributed by atoms with Crippen molar-refractivity contribution in [2.24, 2.45) is 7.05 Å². The molecule has 0 N–H and O–H groups in total. The Bertz CT molecular complexity index is 1590. The summed E-state index contributed by atoms with van der Waals surface area (Å²) in [7, 11) is 2.11. The molecule has 0 fully saturated rings. The van der Waals surface area contributed by atoms with E-state index in [1.165, 1.54) is 44.2 Å². The maximum atomic E-state index is 8.96. The first-order valence-electron chi connectivity index (χ1n) is 13.2. The molecule has 2 nitrogen and oxygen atoms in total. The lowest BCUT2D eigenvalue weighted by Gasteiger charge is -2.16. The Kier molecular flexibility index (Phi) is 5.40. The average molecular weight is 451 g/mol. The zero-order valence-corrected chi connectivity index (χ0v) is 21.7. The third-order valence-electron chi connectivity index (χ3n) is 7.74. The van der Waals surface area contributed by atoms with Crippen LogP contribution in [-0.2, 0) is 7.05 Å². The van der Waals surface area contributed by atoms with Crippen molar-refractivity contribution < 1.29 is 5.94 Å². The quantitative estimate of drug-likeness (QED) is 0.237. The fraction of sp³-hybridized carbons (Fsp3) is 0.344. The van der Waals surface area contributed by atoms with Crippen LogP contribution >= 0.6 is 0 Å². The highest BCUT2D eigenvalue weighted by Crippen LogP contribution is 2.38. The molecule has 5 aromatic rings. The van der Waals surface area contributed by atoms with Crippen molar-refractivity contribution in [2.75, 3.05) is 0 Å². The van der Waals surface area contributed by atoms with Gasteiger partial charge in [0.2, 0.25) is 5.69 Å². The number of hydrogen-bond acceptors (Lipinski definition) is 0. The summed E-state index contributed by atoms with van der Waals surface area (Å²) in [5.41, 5.74) is 8.62. The molecule has 3 aromatic carbocycles. The van der Waals surface area contributed by atoms with Gasteiger partial charge in [0.25, 0.3) is 0 Å². The van der Waals surface area contributed by atoms with Crippen LogP contribution in [0.15, 0.2) is 60.6 Å². The summed E-state index contributed by atoms with van der Waals surface area (Å²) in [6.45, 7) is 13.3. The van der Waals surface area contributed by atoms with E-state index in [-0.39, 0.29) is 0 Å². The van der Waals surface area contributed by atoms with Gasteiger partial charge in [-0.2, -0.15) is 4.57 Å². The van der Waals surface area contributed by atoms with E-state index >= 15 is 0 Å². The fourth-order valence-corrected chi connectivity index (χ4v) is 5.80. The molecule has 0 amide bonds. The van der Waals surface area contributed by atoms with E-state index in [0.717, 1.165) is 29.3 Å². The SMILES string of the molecule is [2H]c1c(C)[n+](C)c(-c2cc3c(cc2C)c2ccccc2n3C(C)C)c2ccc(C(CC)CC)cc12. The summed E-state index contributed by atoms with van der Waals surface area (Å²) < 4.78 is 13.6. The second-order valence-corrected chi connectivity index (χ2v) is 10.1. The number of benzene rings is 3. The molecular formula is C32H37N2+. The van der Waals surface area contributed by atoms with Crippen LogP contribution in [0.25, 0.3) is 43.8 Å². The number of para-hydroxylation sites is 1. The van der Waals surface area contributed by atoms with Gasteiger partial charge in [-0.15, -0.1) is 0 Å². The largest absolute Gasteiger partial charge is 0.338 e. The Morgan fingerprint density at radius 3 is 2.32 bits per heavy atom. The van der Waals surface area contributed by atoms with Crippen molar-refractivity contribution in [3.63, 3.8) is 0 Å². The molecule has 174 valence electrons. The van der Waals surface area contributed by atoms with Gasteiger partial charge in [0.15, 0.2) is 5.69 Å². The summed E-state index contributed by atoms with van der Waals surface area (Å²) in [5, 5.41) is 4.84. The molecule has 34 heavy (non-hydrogen) atoms. The van der Waals surface area contributed by atoms with Crippen molar-refractivity contribution in [3.05, 3.63) is 77.5 Å². The number of fused-ring (bicyclic) bond motifs is 4. The Balaban J connectivity index is 1.87. The van der Waals surface area contributed by atoms with Crippen molar-refractivity contribution in [3.8, 4) is 11.3 Å². The van der Waals surface area contributed by atoms with Crippen LogP contribution in [0.1, 0.15) is 70.7 Å². The summed E-state index contributed by atoms with van der Waals surface area (Å²) in [6, 6.07) is 21.3. The van der Waals surface area contributed by atoms with Crippen LogP contribution in [0.3, 0.4) is 0 Å². The standard InChI is InChI=1S/C32H37N2/c1-8-23(9-2)24-14-15-26-25(18-24)17-22(6)33(7)32(26)28-19-31-29(16-21(28)5)27-12-10-11-13-30(27)34(31)20(3)4/h10-20,23H,8-9H2,1-7H3/q+1/i17D. The number of nitrogens with zero attached hydrogens (tertiary/aromatic N) is 2.